The highest BCUT2D eigenvalue weighted by molar-refractivity contribution is 6.30. The van der Waals surface area contributed by atoms with Gasteiger partial charge in [0.25, 0.3) is 5.91 Å². The van der Waals surface area contributed by atoms with Crippen LogP contribution in [0.25, 0.3) is 0 Å². The van der Waals surface area contributed by atoms with Crippen LogP contribution in [0, 0.1) is 0 Å². The van der Waals surface area contributed by atoms with Crippen LogP contribution in [-0.4, -0.2) is 54.6 Å². The quantitative estimate of drug-likeness (QED) is 0.839. The molecule has 1 spiro atoms. The van der Waals surface area contributed by atoms with Crippen molar-refractivity contribution in [3.8, 4) is 0 Å². The fourth-order valence-corrected chi connectivity index (χ4v) is 3.69. The zero-order chi connectivity index (χ0) is 15.6. The van der Waals surface area contributed by atoms with Crippen molar-refractivity contribution in [1.29, 1.82) is 0 Å². The van der Waals surface area contributed by atoms with E-state index in [1.165, 1.54) is 5.56 Å². The number of hydrogen-bond acceptors (Lipinski definition) is 3. The first-order chi connectivity index (χ1) is 10.6. The lowest BCUT2D eigenvalue weighted by Gasteiger charge is -2.42. The van der Waals surface area contributed by atoms with E-state index in [1.807, 2.05) is 30.1 Å². The van der Waals surface area contributed by atoms with Crippen molar-refractivity contribution in [3.05, 3.63) is 34.9 Å². The smallest absolute Gasteiger partial charge is 0.255 e. The average Bonchev–Trinajstić information content (AvgIpc) is 2.62. The van der Waals surface area contributed by atoms with E-state index in [4.69, 9.17) is 16.3 Å². The molecule has 0 saturated carbocycles. The van der Waals surface area contributed by atoms with E-state index in [-0.39, 0.29) is 5.91 Å². The summed E-state index contributed by atoms with van der Waals surface area (Å²) in [6.07, 6.45) is 2.92. The number of ether oxygens (including phenoxy) is 1. The maximum Gasteiger partial charge on any atom is 0.255 e. The Morgan fingerprint density at radius 2 is 2.18 bits per heavy atom. The summed E-state index contributed by atoms with van der Waals surface area (Å²) in [5, 5.41) is 0.755. The van der Waals surface area contributed by atoms with Crippen LogP contribution >= 0.6 is 11.6 Å². The standard InChI is InChI=1S/C17H23ClN2O2/c1-19-8-3-2-7-17(16(19)21)13-20(9-10-22-17)12-14-5-4-6-15(18)11-14/h4-6,11H,2-3,7-10,12-13H2,1H3. The minimum Gasteiger partial charge on any atom is -0.362 e. The van der Waals surface area contributed by atoms with E-state index in [0.29, 0.717) is 13.2 Å². The molecule has 2 aliphatic heterocycles. The highest BCUT2D eigenvalue weighted by atomic mass is 35.5. The molecule has 1 amide bonds. The molecule has 2 fully saturated rings. The van der Waals surface area contributed by atoms with Crippen LogP contribution < -0.4 is 0 Å². The third-order valence-corrected chi connectivity index (χ3v) is 4.86. The summed E-state index contributed by atoms with van der Waals surface area (Å²) in [5.41, 5.74) is 0.529. The van der Waals surface area contributed by atoms with Crippen molar-refractivity contribution in [2.75, 3.05) is 33.3 Å². The second kappa shape index (κ2) is 6.57. The van der Waals surface area contributed by atoms with Crippen LogP contribution in [-0.2, 0) is 16.1 Å². The number of rotatable bonds is 2. The molecule has 5 heteroatoms. The molecular formula is C17H23ClN2O2. The third kappa shape index (κ3) is 3.29. The predicted molar refractivity (Wildman–Crippen MR) is 86.9 cm³/mol. The molecule has 1 unspecified atom stereocenters. The average molecular weight is 323 g/mol. The first kappa shape index (κ1) is 15.8. The summed E-state index contributed by atoms with van der Waals surface area (Å²) in [7, 11) is 1.88. The Hall–Kier alpha value is -1.10. The second-order valence-corrected chi connectivity index (χ2v) is 6.80. The van der Waals surface area contributed by atoms with Crippen molar-refractivity contribution in [2.24, 2.45) is 0 Å². The van der Waals surface area contributed by atoms with Gasteiger partial charge in [-0.2, -0.15) is 0 Å². The van der Waals surface area contributed by atoms with Crippen molar-refractivity contribution in [2.45, 2.75) is 31.4 Å². The van der Waals surface area contributed by atoms with Crippen LogP contribution in [0.4, 0.5) is 0 Å². The van der Waals surface area contributed by atoms with E-state index in [1.54, 1.807) is 0 Å². The minimum atomic E-state index is -0.651. The molecule has 2 saturated heterocycles. The molecule has 2 aliphatic rings. The molecule has 0 radical (unpaired) electrons. The largest absolute Gasteiger partial charge is 0.362 e. The molecule has 2 heterocycles. The molecule has 0 aromatic heterocycles. The first-order valence-electron chi connectivity index (χ1n) is 7.95. The molecule has 0 bridgehead atoms. The van der Waals surface area contributed by atoms with Crippen molar-refractivity contribution >= 4 is 17.5 Å². The maximum absolute atomic E-state index is 12.7. The van der Waals surface area contributed by atoms with Gasteiger partial charge in [-0.3, -0.25) is 9.69 Å². The topological polar surface area (TPSA) is 32.8 Å². The SMILES string of the molecule is CN1CCCCC2(CN(Cc3cccc(Cl)c3)CCO2)C1=O. The lowest BCUT2D eigenvalue weighted by Crippen LogP contribution is -2.59. The summed E-state index contributed by atoms with van der Waals surface area (Å²) >= 11 is 6.06. The summed E-state index contributed by atoms with van der Waals surface area (Å²) in [5.74, 6) is 0.140. The molecule has 22 heavy (non-hydrogen) atoms. The fraction of sp³-hybridized carbons (Fsp3) is 0.588. The molecule has 1 aromatic rings. The third-order valence-electron chi connectivity index (χ3n) is 4.62. The normalized spacial score (nSPS) is 27.2. The summed E-state index contributed by atoms with van der Waals surface area (Å²) < 4.78 is 6.00. The van der Waals surface area contributed by atoms with Gasteiger partial charge in [-0.15, -0.1) is 0 Å². The molecule has 120 valence electrons. The number of carbonyl (C=O) groups is 1. The van der Waals surface area contributed by atoms with Gasteiger partial charge in [0.1, 0.15) is 0 Å². The van der Waals surface area contributed by atoms with Gasteiger partial charge in [0, 0.05) is 38.2 Å². The number of halogens is 1. The van der Waals surface area contributed by atoms with Crippen LogP contribution in [0.1, 0.15) is 24.8 Å². The predicted octanol–water partition coefficient (Wildman–Crippen LogP) is 2.55. The Morgan fingerprint density at radius 3 is 3.00 bits per heavy atom. The Bertz CT molecular complexity index is 551. The lowest BCUT2D eigenvalue weighted by atomic mass is 9.94. The zero-order valence-electron chi connectivity index (χ0n) is 13.1. The summed E-state index contributed by atoms with van der Waals surface area (Å²) in [6.45, 7) is 3.77. The number of hydrogen-bond donors (Lipinski definition) is 0. The Morgan fingerprint density at radius 1 is 1.32 bits per heavy atom. The van der Waals surface area contributed by atoms with Crippen molar-refractivity contribution in [3.63, 3.8) is 0 Å². The van der Waals surface area contributed by atoms with E-state index < -0.39 is 5.60 Å². The number of likely N-dealkylation sites (tertiary alicyclic amines) is 1. The lowest BCUT2D eigenvalue weighted by molar-refractivity contribution is -0.169. The van der Waals surface area contributed by atoms with E-state index in [9.17, 15) is 4.79 Å². The fourth-order valence-electron chi connectivity index (χ4n) is 3.48. The van der Waals surface area contributed by atoms with Crippen LogP contribution in [0.5, 0.6) is 0 Å². The van der Waals surface area contributed by atoms with Crippen LogP contribution in [0.15, 0.2) is 24.3 Å². The number of carbonyl (C=O) groups excluding carboxylic acids is 1. The number of nitrogens with zero attached hydrogens (tertiary/aromatic N) is 2. The van der Waals surface area contributed by atoms with Gasteiger partial charge in [-0.1, -0.05) is 23.7 Å². The van der Waals surface area contributed by atoms with Gasteiger partial charge in [0.15, 0.2) is 5.60 Å². The second-order valence-electron chi connectivity index (χ2n) is 6.37. The van der Waals surface area contributed by atoms with Gasteiger partial charge >= 0.3 is 0 Å². The summed E-state index contributed by atoms with van der Waals surface area (Å²) in [4.78, 5) is 16.9. The molecule has 0 aliphatic carbocycles. The highest BCUT2D eigenvalue weighted by Gasteiger charge is 2.45. The Kier molecular flexibility index (Phi) is 4.71. The Labute approximate surface area is 137 Å². The van der Waals surface area contributed by atoms with Crippen LogP contribution in [0.3, 0.4) is 0 Å². The molecule has 4 nitrogen and oxygen atoms in total. The van der Waals surface area contributed by atoms with Gasteiger partial charge < -0.3 is 9.64 Å². The maximum atomic E-state index is 12.7. The molecule has 0 N–H and O–H groups in total. The number of morpholine rings is 1. The van der Waals surface area contributed by atoms with Crippen molar-refractivity contribution in [1.82, 2.24) is 9.80 Å². The minimum absolute atomic E-state index is 0.140. The monoisotopic (exact) mass is 322 g/mol. The molecule has 3 rings (SSSR count). The molecule has 1 atom stereocenters. The number of likely N-dealkylation sites (N-methyl/N-ethyl adjacent to an activating group) is 1. The molecule has 1 aromatic carbocycles. The van der Waals surface area contributed by atoms with E-state index >= 15 is 0 Å². The number of amides is 1. The Balaban J connectivity index is 1.74. The van der Waals surface area contributed by atoms with Gasteiger partial charge in [0.05, 0.1) is 6.61 Å². The first-order valence-corrected chi connectivity index (χ1v) is 8.33. The van der Waals surface area contributed by atoms with Crippen molar-refractivity contribution < 1.29 is 9.53 Å². The van der Waals surface area contributed by atoms with Gasteiger partial charge in [-0.05, 0) is 37.0 Å². The summed E-state index contributed by atoms with van der Waals surface area (Å²) in [6, 6.07) is 7.92. The molecular weight excluding hydrogens is 300 g/mol. The number of benzene rings is 1. The highest BCUT2D eigenvalue weighted by Crippen LogP contribution is 2.30. The van der Waals surface area contributed by atoms with E-state index in [2.05, 4.69) is 11.0 Å². The zero-order valence-corrected chi connectivity index (χ0v) is 13.8. The van der Waals surface area contributed by atoms with Crippen LogP contribution in [0.2, 0.25) is 5.02 Å². The van der Waals surface area contributed by atoms with Gasteiger partial charge in [0.2, 0.25) is 0 Å². The van der Waals surface area contributed by atoms with Gasteiger partial charge in [-0.25, -0.2) is 0 Å². The van der Waals surface area contributed by atoms with E-state index in [0.717, 1.165) is 43.9 Å².